The minimum atomic E-state index is 0.728. The predicted molar refractivity (Wildman–Crippen MR) is 114 cm³/mol. The average molecular weight is 388 g/mol. The van der Waals surface area contributed by atoms with E-state index in [9.17, 15) is 0 Å². The number of hydrogen-bond acceptors (Lipinski definition) is 5. The van der Waals surface area contributed by atoms with Crippen LogP contribution in [-0.2, 0) is 13.0 Å². The average Bonchev–Trinajstić information content (AvgIpc) is 3.23. The predicted octanol–water partition coefficient (Wildman–Crippen LogP) is 4.84. The fourth-order valence-corrected chi connectivity index (χ4v) is 3.37. The number of nitrogens with zero attached hydrogens (tertiary/aromatic N) is 1. The molecular weight excluding hydrogens is 364 g/mol. The van der Waals surface area contributed by atoms with Crippen LogP contribution in [0.4, 0.5) is 0 Å². The van der Waals surface area contributed by atoms with Crippen molar-refractivity contribution in [3.05, 3.63) is 78.1 Å². The van der Waals surface area contributed by atoms with Crippen LogP contribution in [0.5, 0.6) is 11.5 Å². The summed E-state index contributed by atoms with van der Waals surface area (Å²) in [5.74, 6) is 2.32. The van der Waals surface area contributed by atoms with E-state index in [1.54, 1.807) is 14.2 Å². The quantitative estimate of drug-likeness (QED) is 0.438. The van der Waals surface area contributed by atoms with Crippen molar-refractivity contribution < 1.29 is 13.9 Å². The Labute approximate surface area is 170 Å². The summed E-state index contributed by atoms with van der Waals surface area (Å²) >= 11 is 0. The normalized spacial score (nSPS) is 11.0. The van der Waals surface area contributed by atoms with Crippen LogP contribution in [0.3, 0.4) is 0 Å². The van der Waals surface area contributed by atoms with Gasteiger partial charge in [0.15, 0.2) is 11.3 Å². The Morgan fingerprint density at radius 1 is 0.966 bits per heavy atom. The Morgan fingerprint density at radius 3 is 2.69 bits per heavy atom. The number of rotatable bonds is 8. The second-order valence-electron chi connectivity index (χ2n) is 6.76. The molecule has 2 heterocycles. The van der Waals surface area contributed by atoms with Gasteiger partial charge in [-0.1, -0.05) is 24.3 Å². The van der Waals surface area contributed by atoms with Gasteiger partial charge in [-0.25, -0.2) is 0 Å². The molecule has 0 saturated carbocycles. The molecule has 29 heavy (non-hydrogen) atoms. The minimum Gasteiger partial charge on any atom is -0.497 e. The number of methoxy groups -OCH3 is 2. The molecule has 4 rings (SSSR count). The highest BCUT2D eigenvalue weighted by molar-refractivity contribution is 5.90. The number of pyridine rings is 1. The fraction of sp³-hybridized carbons (Fsp3) is 0.208. The van der Waals surface area contributed by atoms with Crippen molar-refractivity contribution in [3.63, 3.8) is 0 Å². The number of furan rings is 1. The highest BCUT2D eigenvalue weighted by Gasteiger charge is 2.14. The maximum Gasteiger partial charge on any atom is 0.176 e. The summed E-state index contributed by atoms with van der Waals surface area (Å²) in [5.41, 5.74) is 3.98. The lowest BCUT2D eigenvalue weighted by molar-refractivity contribution is 0.410. The fourth-order valence-electron chi connectivity index (χ4n) is 3.37. The van der Waals surface area contributed by atoms with E-state index in [2.05, 4.69) is 22.4 Å². The van der Waals surface area contributed by atoms with Crippen molar-refractivity contribution >= 4 is 11.0 Å². The molecule has 0 radical (unpaired) electrons. The van der Waals surface area contributed by atoms with Crippen molar-refractivity contribution in [3.8, 4) is 22.8 Å². The molecule has 2 aromatic heterocycles. The van der Waals surface area contributed by atoms with E-state index < -0.39 is 0 Å². The zero-order chi connectivity index (χ0) is 20.1. The minimum absolute atomic E-state index is 0.728. The van der Waals surface area contributed by atoms with Crippen LogP contribution in [0.25, 0.3) is 22.3 Å². The number of fused-ring (bicyclic) bond motifs is 1. The molecule has 0 aliphatic rings. The lowest BCUT2D eigenvalue weighted by Crippen LogP contribution is -2.17. The first-order chi connectivity index (χ1) is 14.3. The van der Waals surface area contributed by atoms with Gasteiger partial charge >= 0.3 is 0 Å². The molecule has 0 bridgehead atoms. The SMILES string of the molecule is COc1cccc(-c2cc3c(CNCCc4ccccn4)ccc(OC)c3o2)c1. The lowest BCUT2D eigenvalue weighted by atomic mass is 10.1. The molecule has 0 amide bonds. The third kappa shape index (κ3) is 4.25. The van der Waals surface area contributed by atoms with Crippen LogP contribution in [-0.4, -0.2) is 25.7 Å². The second kappa shape index (κ2) is 8.80. The zero-order valence-electron chi connectivity index (χ0n) is 16.6. The monoisotopic (exact) mass is 388 g/mol. The van der Waals surface area contributed by atoms with Gasteiger partial charge in [0.2, 0.25) is 0 Å². The van der Waals surface area contributed by atoms with E-state index in [0.29, 0.717) is 0 Å². The third-order valence-electron chi connectivity index (χ3n) is 4.91. The van der Waals surface area contributed by atoms with Gasteiger partial charge in [0.1, 0.15) is 11.5 Å². The molecule has 4 aromatic rings. The second-order valence-corrected chi connectivity index (χ2v) is 6.76. The molecular formula is C24H24N2O3. The van der Waals surface area contributed by atoms with Crippen LogP contribution < -0.4 is 14.8 Å². The highest BCUT2D eigenvalue weighted by Crippen LogP contribution is 2.36. The van der Waals surface area contributed by atoms with E-state index >= 15 is 0 Å². The first-order valence-corrected chi connectivity index (χ1v) is 9.63. The topological polar surface area (TPSA) is 56.5 Å². The molecule has 0 atom stereocenters. The summed E-state index contributed by atoms with van der Waals surface area (Å²) < 4.78 is 17.0. The maximum absolute atomic E-state index is 6.17. The number of hydrogen-bond donors (Lipinski definition) is 1. The number of aromatic nitrogens is 1. The van der Waals surface area contributed by atoms with Crippen molar-refractivity contribution in [2.24, 2.45) is 0 Å². The van der Waals surface area contributed by atoms with Gasteiger partial charge in [-0.15, -0.1) is 0 Å². The smallest absolute Gasteiger partial charge is 0.176 e. The molecule has 1 N–H and O–H groups in total. The number of nitrogens with one attached hydrogen (secondary N) is 1. The molecule has 2 aromatic carbocycles. The molecule has 0 aliphatic carbocycles. The molecule has 5 heteroatoms. The van der Waals surface area contributed by atoms with Crippen LogP contribution in [0.15, 0.2) is 71.3 Å². The molecule has 0 fully saturated rings. The van der Waals surface area contributed by atoms with Gasteiger partial charge in [0.05, 0.1) is 14.2 Å². The zero-order valence-corrected chi connectivity index (χ0v) is 16.6. The van der Waals surface area contributed by atoms with Crippen molar-refractivity contribution in [2.45, 2.75) is 13.0 Å². The lowest BCUT2D eigenvalue weighted by Gasteiger charge is -2.08. The van der Waals surface area contributed by atoms with Crippen molar-refractivity contribution in [2.75, 3.05) is 20.8 Å². The van der Waals surface area contributed by atoms with Crippen LogP contribution in [0.1, 0.15) is 11.3 Å². The van der Waals surface area contributed by atoms with Gasteiger partial charge in [-0.3, -0.25) is 4.98 Å². The molecule has 0 aliphatic heterocycles. The summed E-state index contributed by atoms with van der Waals surface area (Å²) in [6.07, 6.45) is 2.72. The first-order valence-electron chi connectivity index (χ1n) is 9.63. The number of benzene rings is 2. The first kappa shape index (κ1) is 19.0. The van der Waals surface area contributed by atoms with E-state index in [-0.39, 0.29) is 0 Å². The van der Waals surface area contributed by atoms with E-state index in [1.165, 1.54) is 5.56 Å². The largest absolute Gasteiger partial charge is 0.497 e. The summed E-state index contributed by atoms with van der Waals surface area (Å²) in [4.78, 5) is 4.37. The third-order valence-corrected chi connectivity index (χ3v) is 4.91. The van der Waals surface area contributed by atoms with Crippen LogP contribution in [0, 0.1) is 0 Å². The standard InChI is InChI=1S/C24H24N2O3/c1-27-20-8-5-6-17(14-20)23-15-21-18(9-10-22(28-2)24(21)29-23)16-25-13-11-19-7-3-4-12-26-19/h3-10,12,14-15,25H,11,13,16H2,1-2H3. The molecule has 0 unspecified atom stereocenters. The molecule has 5 nitrogen and oxygen atoms in total. The summed E-state index contributed by atoms with van der Waals surface area (Å²) in [6.45, 7) is 1.59. The van der Waals surface area contributed by atoms with Crippen LogP contribution >= 0.6 is 0 Å². The molecule has 0 saturated heterocycles. The Balaban J connectivity index is 1.56. The van der Waals surface area contributed by atoms with E-state index in [1.807, 2.05) is 54.7 Å². The maximum atomic E-state index is 6.17. The summed E-state index contributed by atoms with van der Waals surface area (Å²) in [7, 11) is 3.32. The van der Waals surface area contributed by atoms with Crippen LogP contribution in [0.2, 0.25) is 0 Å². The van der Waals surface area contributed by atoms with Gasteiger partial charge in [-0.2, -0.15) is 0 Å². The van der Waals surface area contributed by atoms with E-state index in [4.69, 9.17) is 13.9 Å². The van der Waals surface area contributed by atoms with Crippen molar-refractivity contribution in [1.82, 2.24) is 10.3 Å². The van der Waals surface area contributed by atoms with Gasteiger partial charge in [0.25, 0.3) is 0 Å². The summed E-state index contributed by atoms with van der Waals surface area (Å²) in [6, 6.07) is 20.0. The Hall–Kier alpha value is -3.31. The Kier molecular flexibility index (Phi) is 5.77. The molecule has 0 spiro atoms. The van der Waals surface area contributed by atoms with Gasteiger partial charge in [-0.05, 0) is 42.0 Å². The summed E-state index contributed by atoms with van der Waals surface area (Å²) in [5, 5.41) is 4.55. The highest BCUT2D eigenvalue weighted by atomic mass is 16.5. The van der Waals surface area contributed by atoms with E-state index in [0.717, 1.165) is 59.0 Å². The van der Waals surface area contributed by atoms with Gasteiger partial charge < -0.3 is 19.2 Å². The Morgan fingerprint density at radius 2 is 1.90 bits per heavy atom. The van der Waals surface area contributed by atoms with Crippen molar-refractivity contribution in [1.29, 1.82) is 0 Å². The van der Waals surface area contributed by atoms with Gasteiger partial charge in [0, 0.05) is 42.4 Å². The Bertz CT molecular complexity index is 1090. The molecule has 148 valence electrons. The number of ether oxygens (including phenoxy) is 2.